The monoisotopic (exact) mass is 228 g/mol. The summed E-state index contributed by atoms with van der Waals surface area (Å²) in [5, 5.41) is 4.51. The summed E-state index contributed by atoms with van der Waals surface area (Å²) in [5.41, 5.74) is 3.60. The van der Waals surface area contributed by atoms with E-state index in [2.05, 4.69) is 34.9 Å². The molecule has 0 fully saturated rings. The van der Waals surface area contributed by atoms with Crippen LogP contribution in [-0.2, 0) is 6.54 Å². The van der Waals surface area contributed by atoms with Gasteiger partial charge in [0.05, 0.1) is 18.8 Å². The Labute approximate surface area is 101 Å². The van der Waals surface area contributed by atoms with Gasteiger partial charge in [0, 0.05) is 17.2 Å². The van der Waals surface area contributed by atoms with Gasteiger partial charge in [-0.2, -0.15) is 5.10 Å². The van der Waals surface area contributed by atoms with Crippen LogP contribution in [0, 0.1) is 13.8 Å². The summed E-state index contributed by atoms with van der Waals surface area (Å²) in [4.78, 5) is 0. The van der Waals surface area contributed by atoms with Gasteiger partial charge in [0.1, 0.15) is 5.75 Å². The number of nitrogens with zero attached hydrogens (tertiary/aromatic N) is 2. The second-order valence-corrected chi connectivity index (χ2v) is 4.65. The lowest BCUT2D eigenvalue weighted by Gasteiger charge is -2.10. The average molecular weight is 228 g/mol. The number of para-hydroxylation sites is 1. The molecule has 1 aromatic carbocycles. The van der Waals surface area contributed by atoms with E-state index in [0.29, 0.717) is 5.92 Å². The first-order chi connectivity index (χ1) is 8.24. The number of rotatable bonds is 2. The average Bonchev–Trinajstić information content (AvgIpc) is 2.85. The minimum atomic E-state index is 0.421. The molecule has 0 amide bonds. The van der Waals surface area contributed by atoms with E-state index in [9.17, 15) is 0 Å². The highest BCUT2D eigenvalue weighted by molar-refractivity contribution is 5.39. The maximum Gasteiger partial charge on any atom is 0.122 e. The second kappa shape index (κ2) is 3.91. The Morgan fingerprint density at radius 1 is 1.35 bits per heavy atom. The van der Waals surface area contributed by atoms with Crippen LogP contribution in [0.3, 0.4) is 0 Å². The highest BCUT2D eigenvalue weighted by Gasteiger charge is 2.24. The topological polar surface area (TPSA) is 27.1 Å². The molecule has 1 aromatic heterocycles. The Morgan fingerprint density at radius 2 is 2.18 bits per heavy atom. The third kappa shape index (κ3) is 1.82. The minimum absolute atomic E-state index is 0.421. The molecule has 1 aliphatic heterocycles. The molecule has 0 aliphatic carbocycles. The van der Waals surface area contributed by atoms with E-state index in [-0.39, 0.29) is 0 Å². The van der Waals surface area contributed by atoms with Crippen molar-refractivity contribution in [2.24, 2.45) is 0 Å². The molecule has 17 heavy (non-hydrogen) atoms. The Kier molecular flexibility index (Phi) is 2.39. The predicted molar refractivity (Wildman–Crippen MR) is 66.4 cm³/mol. The first-order valence-electron chi connectivity index (χ1n) is 5.97. The second-order valence-electron chi connectivity index (χ2n) is 4.65. The van der Waals surface area contributed by atoms with Crippen molar-refractivity contribution < 1.29 is 4.74 Å². The normalized spacial score (nSPS) is 17.9. The Bertz CT molecular complexity index is 545. The van der Waals surface area contributed by atoms with Crippen LogP contribution < -0.4 is 4.74 Å². The van der Waals surface area contributed by atoms with E-state index in [1.165, 1.54) is 11.3 Å². The van der Waals surface area contributed by atoms with Gasteiger partial charge in [-0.15, -0.1) is 0 Å². The summed E-state index contributed by atoms with van der Waals surface area (Å²) in [6.45, 7) is 5.79. The lowest BCUT2D eigenvalue weighted by Crippen LogP contribution is -2.13. The van der Waals surface area contributed by atoms with Crippen molar-refractivity contribution in [3.63, 3.8) is 0 Å². The lowest BCUT2D eigenvalue weighted by atomic mass is 10.0. The van der Waals surface area contributed by atoms with Crippen LogP contribution in [0.2, 0.25) is 0 Å². The smallest absolute Gasteiger partial charge is 0.122 e. The predicted octanol–water partition coefficient (Wildman–Crippen LogP) is 2.68. The Balaban J connectivity index is 1.86. The summed E-state index contributed by atoms with van der Waals surface area (Å²) >= 11 is 0. The third-order valence-electron chi connectivity index (χ3n) is 3.30. The van der Waals surface area contributed by atoms with Gasteiger partial charge >= 0.3 is 0 Å². The summed E-state index contributed by atoms with van der Waals surface area (Å²) in [6.07, 6.45) is 0. The van der Waals surface area contributed by atoms with E-state index < -0.39 is 0 Å². The van der Waals surface area contributed by atoms with Gasteiger partial charge in [-0.1, -0.05) is 18.2 Å². The lowest BCUT2D eigenvalue weighted by molar-refractivity contribution is 0.314. The zero-order chi connectivity index (χ0) is 11.8. The molecule has 0 saturated heterocycles. The first kappa shape index (κ1) is 10.4. The van der Waals surface area contributed by atoms with Gasteiger partial charge < -0.3 is 4.74 Å². The summed E-state index contributed by atoms with van der Waals surface area (Å²) < 4.78 is 7.76. The largest absolute Gasteiger partial charge is 0.493 e. The van der Waals surface area contributed by atoms with Gasteiger partial charge in [-0.25, -0.2) is 0 Å². The molecule has 1 atom stereocenters. The van der Waals surface area contributed by atoms with Gasteiger partial charge in [0.2, 0.25) is 0 Å². The third-order valence-corrected chi connectivity index (χ3v) is 3.30. The molecule has 0 bridgehead atoms. The van der Waals surface area contributed by atoms with Crippen molar-refractivity contribution in [3.05, 3.63) is 47.3 Å². The fourth-order valence-corrected chi connectivity index (χ4v) is 2.45. The molecule has 88 valence electrons. The Hall–Kier alpha value is -1.77. The van der Waals surface area contributed by atoms with Crippen LogP contribution in [-0.4, -0.2) is 16.4 Å². The molecule has 2 aromatic rings. The minimum Gasteiger partial charge on any atom is -0.493 e. The number of aromatic nitrogens is 2. The fraction of sp³-hybridized carbons (Fsp3) is 0.357. The standard InChI is InChI=1S/C14H16N2O/c1-10-7-11(2)16(15-10)8-12-9-17-14-6-4-3-5-13(12)14/h3-7,12H,8-9H2,1-2H3. The fourth-order valence-electron chi connectivity index (χ4n) is 2.45. The molecule has 3 heteroatoms. The molecular formula is C14H16N2O. The quantitative estimate of drug-likeness (QED) is 0.790. The van der Waals surface area contributed by atoms with Crippen molar-refractivity contribution in [3.8, 4) is 5.75 Å². The molecule has 2 heterocycles. The molecule has 0 N–H and O–H groups in total. The molecule has 1 unspecified atom stereocenters. The number of benzene rings is 1. The van der Waals surface area contributed by atoms with Crippen LogP contribution in [0.25, 0.3) is 0 Å². The van der Waals surface area contributed by atoms with Crippen molar-refractivity contribution in [2.45, 2.75) is 26.3 Å². The van der Waals surface area contributed by atoms with Crippen molar-refractivity contribution in [2.75, 3.05) is 6.61 Å². The van der Waals surface area contributed by atoms with Crippen LogP contribution in [0.15, 0.2) is 30.3 Å². The highest BCUT2D eigenvalue weighted by Crippen LogP contribution is 2.34. The van der Waals surface area contributed by atoms with E-state index in [1.54, 1.807) is 0 Å². The molecule has 3 rings (SSSR count). The van der Waals surface area contributed by atoms with Gasteiger partial charge in [0.25, 0.3) is 0 Å². The Morgan fingerprint density at radius 3 is 2.94 bits per heavy atom. The van der Waals surface area contributed by atoms with Crippen molar-refractivity contribution in [1.29, 1.82) is 0 Å². The maximum atomic E-state index is 5.69. The molecule has 0 radical (unpaired) electrons. The molecule has 3 nitrogen and oxygen atoms in total. The first-order valence-corrected chi connectivity index (χ1v) is 5.97. The van der Waals surface area contributed by atoms with E-state index in [4.69, 9.17) is 4.74 Å². The molecule has 0 spiro atoms. The van der Waals surface area contributed by atoms with E-state index >= 15 is 0 Å². The highest BCUT2D eigenvalue weighted by atomic mass is 16.5. The zero-order valence-corrected chi connectivity index (χ0v) is 10.2. The van der Waals surface area contributed by atoms with E-state index in [0.717, 1.165) is 24.6 Å². The molecule has 1 aliphatic rings. The number of ether oxygens (including phenoxy) is 1. The van der Waals surface area contributed by atoms with Gasteiger partial charge in [-0.05, 0) is 26.0 Å². The van der Waals surface area contributed by atoms with E-state index in [1.807, 2.05) is 19.1 Å². The van der Waals surface area contributed by atoms with Crippen LogP contribution in [0.5, 0.6) is 5.75 Å². The zero-order valence-electron chi connectivity index (χ0n) is 10.2. The van der Waals surface area contributed by atoms with Crippen LogP contribution >= 0.6 is 0 Å². The maximum absolute atomic E-state index is 5.69. The summed E-state index contributed by atoms with van der Waals surface area (Å²) in [5.74, 6) is 1.45. The number of fused-ring (bicyclic) bond motifs is 1. The summed E-state index contributed by atoms with van der Waals surface area (Å²) in [6, 6.07) is 10.4. The molecule has 0 saturated carbocycles. The number of aryl methyl sites for hydroxylation is 2. The van der Waals surface area contributed by atoms with Gasteiger partial charge in [-0.3, -0.25) is 4.68 Å². The van der Waals surface area contributed by atoms with Gasteiger partial charge in [0.15, 0.2) is 0 Å². The summed E-state index contributed by atoms with van der Waals surface area (Å²) in [7, 11) is 0. The van der Waals surface area contributed by atoms with Crippen molar-refractivity contribution >= 4 is 0 Å². The van der Waals surface area contributed by atoms with Crippen LogP contribution in [0.1, 0.15) is 22.9 Å². The number of hydrogen-bond donors (Lipinski definition) is 0. The van der Waals surface area contributed by atoms with Crippen molar-refractivity contribution in [1.82, 2.24) is 9.78 Å². The number of hydrogen-bond acceptors (Lipinski definition) is 2. The van der Waals surface area contributed by atoms with Crippen LogP contribution in [0.4, 0.5) is 0 Å². The molecular weight excluding hydrogens is 212 g/mol. The SMILES string of the molecule is Cc1cc(C)n(CC2COc3ccccc32)n1.